The van der Waals surface area contributed by atoms with Crippen LogP contribution in [-0.4, -0.2) is 18.3 Å². The first-order chi connectivity index (χ1) is 7.45. The highest BCUT2D eigenvalue weighted by molar-refractivity contribution is 6.68. The van der Waals surface area contributed by atoms with Gasteiger partial charge in [0.2, 0.25) is 0 Å². The van der Waals surface area contributed by atoms with E-state index in [-0.39, 0.29) is 11.3 Å². The minimum absolute atomic E-state index is 0.278. The van der Waals surface area contributed by atoms with Crippen molar-refractivity contribution in [2.24, 2.45) is 0 Å². The average Bonchev–Trinajstić information content (AvgIpc) is 2.14. The van der Waals surface area contributed by atoms with E-state index in [4.69, 9.17) is 21.1 Å². The van der Waals surface area contributed by atoms with Crippen LogP contribution in [0.25, 0.3) is 0 Å². The van der Waals surface area contributed by atoms with Crippen LogP contribution >= 0.6 is 11.6 Å². The molecule has 0 aliphatic carbocycles. The molecule has 0 saturated heterocycles. The molecule has 0 amide bonds. The van der Waals surface area contributed by atoms with Crippen LogP contribution in [0.2, 0.25) is 0 Å². The summed E-state index contributed by atoms with van der Waals surface area (Å²) < 4.78 is 9.91. The first-order valence-electron chi connectivity index (χ1n) is 4.52. The standard InChI is InChI=1S/C11H11ClO4/c1-6-4-8(16-7(2)13)5-9(15-3)10(6)11(12)14/h4-5H,1-3H3. The van der Waals surface area contributed by atoms with E-state index in [1.54, 1.807) is 13.0 Å². The molecule has 86 valence electrons. The lowest BCUT2D eigenvalue weighted by Crippen LogP contribution is -2.04. The first-order valence-corrected chi connectivity index (χ1v) is 4.90. The van der Waals surface area contributed by atoms with Gasteiger partial charge in [-0.1, -0.05) is 0 Å². The van der Waals surface area contributed by atoms with Crippen LogP contribution < -0.4 is 9.47 Å². The average molecular weight is 243 g/mol. The Morgan fingerprint density at radius 1 is 1.31 bits per heavy atom. The molecule has 0 unspecified atom stereocenters. The highest BCUT2D eigenvalue weighted by Crippen LogP contribution is 2.29. The monoisotopic (exact) mass is 242 g/mol. The predicted octanol–water partition coefficient (Wildman–Crippen LogP) is 2.31. The number of halogens is 1. The lowest BCUT2D eigenvalue weighted by molar-refractivity contribution is -0.131. The van der Waals surface area contributed by atoms with Crippen molar-refractivity contribution in [3.63, 3.8) is 0 Å². The van der Waals surface area contributed by atoms with Gasteiger partial charge in [-0.3, -0.25) is 9.59 Å². The summed E-state index contributed by atoms with van der Waals surface area (Å²) in [7, 11) is 1.41. The molecule has 0 bridgehead atoms. The highest BCUT2D eigenvalue weighted by Gasteiger charge is 2.15. The van der Waals surface area contributed by atoms with E-state index in [1.807, 2.05) is 0 Å². The number of ether oxygens (including phenoxy) is 2. The zero-order valence-corrected chi connectivity index (χ0v) is 9.92. The molecule has 0 fully saturated rings. The zero-order chi connectivity index (χ0) is 12.3. The molecular weight excluding hydrogens is 232 g/mol. The van der Waals surface area contributed by atoms with Gasteiger partial charge in [0, 0.05) is 13.0 Å². The molecule has 1 aromatic carbocycles. The molecule has 0 spiro atoms. The topological polar surface area (TPSA) is 52.6 Å². The molecule has 1 rings (SSSR count). The number of rotatable bonds is 3. The quantitative estimate of drug-likeness (QED) is 0.464. The van der Waals surface area contributed by atoms with Gasteiger partial charge in [0.05, 0.1) is 12.7 Å². The summed E-state index contributed by atoms with van der Waals surface area (Å²) in [6.07, 6.45) is 0. The SMILES string of the molecule is COc1cc(OC(C)=O)cc(C)c1C(=O)Cl. The van der Waals surface area contributed by atoms with Crippen molar-refractivity contribution in [2.75, 3.05) is 7.11 Å². The molecular formula is C11H11ClO4. The van der Waals surface area contributed by atoms with Gasteiger partial charge >= 0.3 is 5.97 Å². The molecule has 0 radical (unpaired) electrons. The van der Waals surface area contributed by atoms with Crippen molar-refractivity contribution in [1.29, 1.82) is 0 Å². The Morgan fingerprint density at radius 3 is 2.38 bits per heavy atom. The van der Waals surface area contributed by atoms with E-state index in [9.17, 15) is 9.59 Å². The third kappa shape index (κ3) is 2.73. The maximum atomic E-state index is 11.2. The van der Waals surface area contributed by atoms with Crippen molar-refractivity contribution < 1.29 is 19.1 Å². The Hall–Kier alpha value is -1.55. The fourth-order valence-electron chi connectivity index (χ4n) is 1.36. The van der Waals surface area contributed by atoms with Crippen molar-refractivity contribution in [3.05, 3.63) is 23.3 Å². The summed E-state index contributed by atoms with van der Waals surface area (Å²) in [5.41, 5.74) is 0.871. The highest BCUT2D eigenvalue weighted by atomic mass is 35.5. The number of hydrogen-bond acceptors (Lipinski definition) is 4. The fourth-order valence-corrected chi connectivity index (χ4v) is 1.60. The van der Waals surface area contributed by atoms with Gasteiger partial charge in [-0.25, -0.2) is 0 Å². The van der Waals surface area contributed by atoms with Crippen LogP contribution in [0.15, 0.2) is 12.1 Å². The minimum Gasteiger partial charge on any atom is -0.496 e. The molecule has 0 aliphatic rings. The molecule has 0 atom stereocenters. The number of carbonyl (C=O) groups excluding carboxylic acids is 2. The maximum absolute atomic E-state index is 11.2. The van der Waals surface area contributed by atoms with Gasteiger partial charge in [0.15, 0.2) is 0 Å². The van der Waals surface area contributed by atoms with Crippen molar-refractivity contribution in [1.82, 2.24) is 0 Å². The minimum atomic E-state index is -0.608. The number of carbonyl (C=O) groups is 2. The smallest absolute Gasteiger partial charge is 0.308 e. The lowest BCUT2D eigenvalue weighted by atomic mass is 10.1. The fraction of sp³-hybridized carbons (Fsp3) is 0.273. The van der Waals surface area contributed by atoms with E-state index in [2.05, 4.69) is 0 Å². The van der Waals surface area contributed by atoms with E-state index in [0.717, 1.165) is 0 Å². The van der Waals surface area contributed by atoms with Crippen molar-refractivity contribution in [3.8, 4) is 11.5 Å². The number of esters is 1. The number of hydrogen-bond donors (Lipinski definition) is 0. The summed E-state index contributed by atoms with van der Waals surface area (Å²) >= 11 is 5.42. The molecule has 0 saturated carbocycles. The Kier molecular flexibility index (Phi) is 3.90. The molecule has 5 heteroatoms. The lowest BCUT2D eigenvalue weighted by Gasteiger charge is -2.10. The van der Waals surface area contributed by atoms with E-state index < -0.39 is 11.2 Å². The molecule has 16 heavy (non-hydrogen) atoms. The first kappa shape index (κ1) is 12.5. The van der Waals surface area contributed by atoms with Gasteiger partial charge in [0.25, 0.3) is 5.24 Å². The summed E-state index contributed by atoms with van der Waals surface area (Å²) in [4.78, 5) is 21.9. The van der Waals surface area contributed by atoms with Crippen LogP contribution in [0.1, 0.15) is 22.8 Å². The van der Waals surface area contributed by atoms with Crippen LogP contribution in [0.4, 0.5) is 0 Å². The van der Waals surface area contributed by atoms with Crippen molar-refractivity contribution in [2.45, 2.75) is 13.8 Å². The molecule has 4 nitrogen and oxygen atoms in total. The second kappa shape index (κ2) is 4.99. The Bertz CT molecular complexity index is 440. The number of benzene rings is 1. The van der Waals surface area contributed by atoms with Gasteiger partial charge in [-0.15, -0.1) is 0 Å². The molecule has 0 aromatic heterocycles. The summed E-state index contributed by atoms with van der Waals surface area (Å²) in [5, 5.41) is -0.608. The van der Waals surface area contributed by atoms with Crippen LogP contribution in [0.5, 0.6) is 11.5 Å². The zero-order valence-electron chi connectivity index (χ0n) is 9.17. The van der Waals surface area contributed by atoms with Gasteiger partial charge < -0.3 is 9.47 Å². The van der Waals surface area contributed by atoms with E-state index in [0.29, 0.717) is 11.3 Å². The van der Waals surface area contributed by atoms with Crippen LogP contribution in [0, 0.1) is 6.92 Å². The third-order valence-electron chi connectivity index (χ3n) is 1.95. The predicted molar refractivity (Wildman–Crippen MR) is 59.2 cm³/mol. The van der Waals surface area contributed by atoms with Gasteiger partial charge in [0.1, 0.15) is 11.5 Å². The van der Waals surface area contributed by atoms with Crippen molar-refractivity contribution >= 4 is 22.8 Å². The maximum Gasteiger partial charge on any atom is 0.308 e. The summed E-state index contributed by atoms with van der Waals surface area (Å²) in [5.74, 6) is 0.172. The van der Waals surface area contributed by atoms with Gasteiger partial charge in [-0.05, 0) is 30.2 Å². The Morgan fingerprint density at radius 2 is 1.94 bits per heavy atom. The Labute approximate surface area is 98.1 Å². The molecule has 1 aromatic rings. The van der Waals surface area contributed by atoms with Crippen LogP contribution in [0.3, 0.4) is 0 Å². The second-order valence-electron chi connectivity index (χ2n) is 3.18. The normalized spacial score (nSPS) is 9.75. The molecule has 0 heterocycles. The third-order valence-corrected chi connectivity index (χ3v) is 2.14. The van der Waals surface area contributed by atoms with Gasteiger partial charge in [-0.2, -0.15) is 0 Å². The number of methoxy groups -OCH3 is 1. The molecule has 0 aliphatic heterocycles. The van der Waals surface area contributed by atoms with E-state index >= 15 is 0 Å². The largest absolute Gasteiger partial charge is 0.496 e. The second-order valence-corrected chi connectivity index (χ2v) is 3.53. The van der Waals surface area contributed by atoms with E-state index in [1.165, 1.54) is 20.1 Å². The Balaban J connectivity index is 3.26. The number of aryl methyl sites for hydroxylation is 1. The summed E-state index contributed by atoms with van der Waals surface area (Å²) in [6, 6.07) is 3.00. The van der Waals surface area contributed by atoms with Crippen LogP contribution in [-0.2, 0) is 4.79 Å². The summed E-state index contributed by atoms with van der Waals surface area (Å²) in [6.45, 7) is 2.98. The molecule has 0 N–H and O–H groups in total.